The van der Waals surface area contributed by atoms with Crippen molar-refractivity contribution in [3.63, 3.8) is 0 Å². The number of piperazine rings is 1. The van der Waals surface area contributed by atoms with Gasteiger partial charge in [0, 0.05) is 50.9 Å². The molecule has 1 fully saturated rings. The fourth-order valence-corrected chi connectivity index (χ4v) is 6.66. The second kappa shape index (κ2) is 18.6. The van der Waals surface area contributed by atoms with E-state index in [-0.39, 0.29) is 55.7 Å². The Balaban J connectivity index is 0.000000172. The van der Waals surface area contributed by atoms with E-state index in [1.165, 1.54) is 25.1 Å². The first-order valence-corrected chi connectivity index (χ1v) is 19.0. The predicted octanol–water partition coefficient (Wildman–Crippen LogP) is 4.15. The van der Waals surface area contributed by atoms with E-state index < -0.39 is 35.2 Å². The summed E-state index contributed by atoms with van der Waals surface area (Å²) < 4.78 is 42.1. The maximum atomic E-state index is 15.0. The number of amides is 1. The lowest BCUT2D eigenvalue weighted by Gasteiger charge is -2.36. The van der Waals surface area contributed by atoms with Crippen LogP contribution >= 0.6 is 11.6 Å². The third-order valence-electron chi connectivity index (χ3n) is 9.81. The summed E-state index contributed by atoms with van der Waals surface area (Å²) in [6.45, 7) is 7.48. The molecule has 20 heteroatoms. The fraction of sp³-hybridized carbons (Fsp3) is 0.244. The van der Waals surface area contributed by atoms with E-state index in [4.69, 9.17) is 16.7 Å². The van der Waals surface area contributed by atoms with Gasteiger partial charge in [-0.3, -0.25) is 28.9 Å². The zero-order valence-electron chi connectivity index (χ0n) is 33.1. The number of pyridine rings is 1. The zero-order valence-corrected chi connectivity index (χ0v) is 33.9. The number of aldehydes is 1. The first-order chi connectivity index (χ1) is 29.1. The summed E-state index contributed by atoms with van der Waals surface area (Å²) >= 11 is 6.30. The Morgan fingerprint density at radius 3 is 1.67 bits per heavy atom. The number of carbonyl (C=O) groups is 2. The number of aromatic amines is 3. The minimum atomic E-state index is -0.743. The van der Waals surface area contributed by atoms with Crippen molar-refractivity contribution in [2.24, 2.45) is 0 Å². The Kier molecular flexibility index (Phi) is 13.3. The quantitative estimate of drug-likeness (QED) is 0.118. The van der Waals surface area contributed by atoms with Gasteiger partial charge in [0.25, 0.3) is 22.6 Å². The van der Waals surface area contributed by atoms with Crippen LogP contribution in [0.25, 0.3) is 33.1 Å². The molecule has 0 unspecified atom stereocenters. The van der Waals surface area contributed by atoms with Crippen molar-refractivity contribution in [3.05, 3.63) is 142 Å². The van der Waals surface area contributed by atoms with Crippen molar-refractivity contribution in [1.82, 2.24) is 45.1 Å². The Morgan fingerprint density at radius 2 is 1.20 bits per heavy atom. The Morgan fingerprint density at radius 1 is 0.721 bits per heavy atom. The fourth-order valence-electron chi connectivity index (χ4n) is 6.38. The Hall–Kier alpha value is -6.83. The number of nitrogens with one attached hydrogen (secondary N) is 4. The van der Waals surface area contributed by atoms with Crippen molar-refractivity contribution in [3.8, 4) is 0 Å². The van der Waals surface area contributed by atoms with E-state index in [1.54, 1.807) is 51.2 Å². The molecule has 1 saturated heterocycles. The van der Waals surface area contributed by atoms with Gasteiger partial charge in [-0.15, -0.1) is 0 Å². The third-order valence-corrected chi connectivity index (χ3v) is 10.1. The summed E-state index contributed by atoms with van der Waals surface area (Å²) in [5, 5.41) is 11.7. The van der Waals surface area contributed by atoms with E-state index in [2.05, 4.69) is 50.0 Å². The molecule has 16 nitrogen and oxygen atoms in total. The van der Waals surface area contributed by atoms with Crippen LogP contribution in [0.4, 0.5) is 18.9 Å². The summed E-state index contributed by atoms with van der Waals surface area (Å²) in [5.74, 6) is -2.10. The van der Waals surface area contributed by atoms with Crippen molar-refractivity contribution in [2.75, 3.05) is 38.1 Å². The molecular formula is C41H38ClF3N10O6. The van der Waals surface area contributed by atoms with Crippen molar-refractivity contribution >= 4 is 62.6 Å². The molecule has 0 spiro atoms. The highest BCUT2D eigenvalue weighted by molar-refractivity contribution is 6.32. The average molecular weight is 859 g/mol. The topological polar surface area (TPSA) is 223 Å². The number of carbonyl (C=O) groups excluding carboxylic acids is 2. The molecule has 3 aromatic carbocycles. The number of rotatable bonds is 6. The molecule has 8 rings (SSSR count). The first kappa shape index (κ1) is 43.7. The van der Waals surface area contributed by atoms with Gasteiger partial charge in [-0.25, -0.2) is 33.1 Å². The van der Waals surface area contributed by atoms with Gasteiger partial charge in [0.1, 0.15) is 39.3 Å². The molecule has 0 saturated carbocycles. The summed E-state index contributed by atoms with van der Waals surface area (Å²) in [6.07, 6.45) is 0.396. The number of anilines is 1. The number of H-pyrrole nitrogens is 3. The molecule has 1 amide bonds. The molecule has 5 heterocycles. The minimum absolute atomic E-state index is 0.0322. The number of halogens is 4. The number of fused-ring (bicyclic) bond motifs is 3. The highest BCUT2D eigenvalue weighted by Gasteiger charge is 2.22. The van der Waals surface area contributed by atoms with Crippen LogP contribution in [0, 0.1) is 38.2 Å². The van der Waals surface area contributed by atoms with Gasteiger partial charge in [0.15, 0.2) is 28.9 Å². The molecule has 0 aliphatic carbocycles. The summed E-state index contributed by atoms with van der Waals surface area (Å²) in [6, 6.07) is 12.7. The Bertz CT molecular complexity index is 3010. The average Bonchev–Trinajstić information content (AvgIpc) is 3.25. The second-order valence-electron chi connectivity index (χ2n) is 13.8. The lowest BCUT2D eigenvalue weighted by molar-refractivity contribution is 0.0957. The van der Waals surface area contributed by atoms with Crippen molar-refractivity contribution in [1.29, 1.82) is 0 Å². The van der Waals surface area contributed by atoms with Gasteiger partial charge < -0.3 is 30.3 Å². The number of aromatic nitrogens is 7. The van der Waals surface area contributed by atoms with E-state index in [0.717, 1.165) is 5.69 Å². The van der Waals surface area contributed by atoms with Crippen molar-refractivity contribution < 1.29 is 27.9 Å². The second-order valence-corrected chi connectivity index (χ2v) is 14.2. The van der Waals surface area contributed by atoms with Gasteiger partial charge in [0.05, 0.1) is 34.4 Å². The van der Waals surface area contributed by atoms with Crippen LogP contribution in [-0.4, -0.2) is 90.3 Å². The molecule has 5 N–H and O–H groups in total. The highest BCUT2D eigenvalue weighted by atomic mass is 35.5. The van der Waals surface area contributed by atoms with Crippen LogP contribution in [0.1, 0.15) is 49.1 Å². The molecule has 316 valence electrons. The SMILES string of the molecule is CNC(=O)c1ccc(N2CCN(Cc3ccc4nc(C)c(=O)[nH]c4c3F)CC2)c(Cl)n1.Cc1nc2ccc(C=O)c(F)c2[nH]c1=O.Cc1nc2ccc(CO)c(F)c2[nH]c1=O. The molecule has 61 heavy (non-hydrogen) atoms. The maximum absolute atomic E-state index is 15.0. The first-order valence-electron chi connectivity index (χ1n) is 18.6. The summed E-state index contributed by atoms with van der Waals surface area (Å²) in [4.78, 5) is 84.2. The van der Waals surface area contributed by atoms with Gasteiger partial charge in [-0.05, 0) is 57.2 Å². The highest BCUT2D eigenvalue weighted by Crippen LogP contribution is 2.26. The number of aliphatic hydroxyl groups is 1. The van der Waals surface area contributed by atoms with Crippen LogP contribution < -0.4 is 26.9 Å². The largest absolute Gasteiger partial charge is 0.392 e. The number of benzene rings is 3. The van der Waals surface area contributed by atoms with Crippen LogP contribution in [-0.2, 0) is 13.2 Å². The van der Waals surface area contributed by atoms with E-state index in [0.29, 0.717) is 72.5 Å². The number of hydrogen-bond acceptors (Lipinski definition) is 12. The lowest BCUT2D eigenvalue weighted by Crippen LogP contribution is -2.46. The lowest BCUT2D eigenvalue weighted by atomic mass is 10.1. The van der Waals surface area contributed by atoms with Gasteiger partial charge in [-0.1, -0.05) is 23.7 Å². The Labute approximate surface area is 348 Å². The summed E-state index contributed by atoms with van der Waals surface area (Å²) in [7, 11) is 1.54. The molecule has 4 aromatic heterocycles. The van der Waals surface area contributed by atoms with Gasteiger partial charge in [0.2, 0.25) is 0 Å². The van der Waals surface area contributed by atoms with Crippen LogP contribution in [0.15, 0.2) is 62.9 Å². The van der Waals surface area contributed by atoms with E-state index in [9.17, 15) is 37.1 Å². The van der Waals surface area contributed by atoms with Crippen molar-refractivity contribution in [2.45, 2.75) is 33.9 Å². The normalized spacial score (nSPS) is 12.8. The van der Waals surface area contributed by atoms with Crippen LogP contribution in [0.2, 0.25) is 5.15 Å². The number of hydrogen-bond donors (Lipinski definition) is 5. The molecule has 7 aromatic rings. The smallest absolute Gasteiger partial charge is 0.269 e. The zero-order chi connectivity index (χ0) is 44.1. The monoisotopic (exact) mass is 858 g/mol. The van der Waals surface area contributed by atoms with E-state index >= 15 is 0 Å². The molecule has 0 atom stereocenters. The molecule has 0 radical (unpaired) electrons. The number of aryl methyl sites for hydroxylation is 3. The number of nitrogens with zero attached hydrogens (tertiary/aromatic N) is 6. The van der Waals surface area contributed by atoms with Crippen LogP contribution in [0.3, 0.4) is 0 Å². The molecule has 0 bridgehead atoms. The number of aliphatic hydroxyl groups excluding tert-OH is 1. The van der Waals surface area contributed by atoms with Crippen LogP contribution in [0.5, 0.6) is 0 Å². The minimum Gasteiger partial charge on any atom is -0.392 e. The van der Waals surface area contributed by atoms with Gasteiger partial charge in [-0.2, -0.15) is 0 Å². The molecule has 1 aliphatic rings. The van der Waals surface area contributed by atoms with E-state index in [1.807, 2.05) is 0 Å². The third kappa shape index (κ3) is 9.48. The maximum Gasteiger partial charge on any atom is 0.269 e. The van der Waals surface area contributed by atoms with Gasteiger partial charge >= 0.3 is 0 Å². The standard InChI is InChI=1S/C21H22ClFN6O2.C10H9FN2O2.C10H7FN2O2/c1-12-20(30)27-18-14(25-12)4-3-13(17(18)23)11-28-7-9-29(10-8-28)16-6-5-15(21(31)24-2)26-19(16)22;2*1-5-10(15)13-9-7(12-5)3-2-6(4-14)8(9)11/h3-6H,7-11H2,1-2H3,(H,24,31)(H,27,30);2-3,14H,4H2,1H3,(H,13,15);2-4H,1H3,(H,13,15). The molecule has 1 aliphatic heterocycles. The molecular weight excluding hydrogens is 821 g/mol. The predicted molar refractivity (Wildman–Crippen MR) is 223 cm³/mol. The summed E-state index contributed by atoms with van der Waals surface area (Å²) in [5.41, 5.74) is 2.49.